The maximum atomic E-state index is 11.5. The fraction of sp³-hybridized carbons (Fsp3) is 0.211. The molecule has 0 atom stereocenters. The SMILES string of the molecule is Cc1oc(-c2cccs2)nc1CCOc1ccc(Cn2oc(=O)[nH]c2=O)cc1. The fourth-order valence-electron chi connectivity index (χ4n) is 2.71. The zero-order chi connectivity index (χ0) is 19.5. The van der Waals surface area contributed by atoms with Crippen molar-refractivity contribution < 1.29 is 13.7 Å². The number of nitrogens with one attached hydrogen (secondary N) is 1. The highest BCUT2D eigenvalue weighted by Gasteiger charge is 2.12. The second kappa shape index (κ2) is 7.73. The molecule has 0 saturated heterocycles. The van der Waals surface area contributed by atoms with Crippen LogP contribution in [0.4, 0.5) is 0 Å². The lowest BCUT2D eigenvalue weighted by atomic mass is 10.2. The number of oxazole rings is 1. The van der Waals surface area contributed by atoms with Gasteiger partial charge in [-0.3, -0.25) is 0 Å². The maximum absolute atomic E-state index is 11.5. The molecule has 0 radical (unpaired) electrons. The summed E-state index contributed by atoms with van der Waals surface area (Å²) in [5.74, 6) is 1.36. The first-order valence-corrected chi connectivity index (χ1v) is 9.49. The normalized spacial score (nSPS) is 11.0. The summed E-state index contributed by atoms with van der Waals surface area (Å²) in [6, 6.07) is 11.2. The van der Waals surface area contributed by atoms with Crippen LogP contribution in [-0.4, -0.2) is 21.3 Å². The highest BCUT2D eigenvalue weighted by atomic mass is 32.1. The van der Waals surface area contributed by atoms with Gasteiger partial charge in [-0.15, -0.1) is 16.1 Å². The molecule has 3 aromatic heterocycles. The molecule has 4 rings (SSSR count). The number of aryl methyl sites for hydroxylation is 1. The van der Waals surface area contributed by atoms with Crippen molar-refractivity contribution >= 4 is 11.3 Å². The first kappa shape index (κ1) is 18.1. The lowest BCUT2D eigenvalue weighted by molar-refractivity contribution is 0.258. The van der Waals surface area contributed by atoms with Crippen molar-refractivity contribution in [3.8, 4) is 16.5 Å². The van der Waals surface area contributed by atoms with Gasteiger partial charge in [-0.1, -0.05) is 18.2 Å². The molecule has 28 heavy (non-hydrogen) atoms. The largest absolute Gasteiger partial charge is 0.493 e. The van der Waals surface area contributed by atoms with Crippen LogP contribution in [-0.2, 0) is 13.0 Å². The predicted octanol–water partition coefficient (Wildman–Crippen LogP) is 2.82. The van der Waals surface area contributed by atoms with Crippen LogP contribution in [0.2, 0.25) is 0 Å². The van der Waals surface area contributed by atoms with Gasteiger partial charge in [0.2, 0.25) is 5.89 Å². The number of ether oxygens (including phenoxy) is 1. The molecule has 0 aliphatic rings. The summed E-state index contributed by atoms with van der Waals surface area (Å²) < 4.78 is 17.2. The molecule has 0 aliphatic carbocycles. The standard InChI is InChI=1S/C19H17N3O5S/c1-12-15(20-17(26-12)16-3-2-10-28-16)8-9-25-14-6-4-13(5-7-14)11-22-18(23)21-19(24)27-22/h2-7,10H,8-9,11H2,1H3,(H,21,23,24). The third-order valence-electron chi connectivity index (χ3n) is 4.11. The number of aromatic nitrogens is 3. The Kier molecular flexibility index (Phi) is 4.98. The smallest absolute Gasteiger partial charge is 0.440 e. The number of benzene rings is 1. The molecule has 0 bridgehead atoms. The lowest BCUT2D eigenvalue weighted by Gasteiger charge is -2.06. The van der Waals surface area contributed by atoms with Crippen molar-refractivity contribution in [2.24, 2.45) is 0 Å². The minimum atomic E-state index is -0.768. The molecule has 144 valence electrons. The molecule has 0 spiro atoms. The zero-order valence-corrected chi connectivity index (χ0v) is 15.8. The van der Waals surface area contributed by atoms with Crippen molar-refractivity contribution in [1.29, 1.82) is 0 Å². The van der Waals surface area contributed by atoms with Crippen LogP contribution in [0.5, 0.6) is 5.75 Å². The highest BCUT2D eigenvalue weighted by Crippen LogP contribution is 2.26. The summed E-state index contributed by atoms with van der Waals surface area (Å²) in [4.78, 5) is 30.1. The minimum Gasteiger partial charge on any atom is -0.493 e. The van der Waals surface area contributed by atoms with E-state index >= 15 is 0 Å². The van der Waals surface area contributed by atoms with Crippen LogP contribution in [0.25, 0.3) is 10.8 Å². The Morgan fingerprint density at radius 1 is 1.21 bits per heavy atom. The van der Waals surface area contributed by atoms with Crippen molar-refractivity contribution in [3.05, 3.63) is 79.8 Å². The van der Waals surface area contributed by atoms with Gasteiger partial charge < -0.3 is 13.7 Å². The number of nitrogens with zero attached hydrogens (tertiary/aromatic N) is 2. The summed E-state index contributed by atoms with van der Waals surface area (Å²) >= 11 is 1.59. The van der Waals surface area contributed by atoms with Gasteiger partial charge in [0.15, 0.2) is 0 Å². The van der Waals surface area contributed by atoms with Crippen molar-refractivity contribution in [2.45, 2.75) is 19.9 Å². The molecule has 0 fully saturated rings. The van der Waals surface area contributed by atoms with Gasteiger partial charge in [-0.05, 0) is 36.1 Å². The molecular weight excluding hydrogens is 382 g/mol. The van der Waals surface area contributed by atoms with Crippen LogP contribution in [0, 0.1) is 6.92 Å². The van der Waals surface area contributed by atoms with E-state index in [1.165, 1.54) is 0 Å². The van der Waals surface area contributed by atoms with Gasteiger partial charge in [0.1, 0.15) is 11.5 Å². The molecule has 0 aliphatic heterocycles. The van der Waals surface area contributed by atoms with Crippen molar-refractivity contribution in [2.75, 3.05) is 6.61 Å². The van der Waals surface area contributed by atoms with E-state index in [9.17, 15) is 9.59 Å². The Bertz CT molecular complexity index is 1170. The highest BCUT2D eigenvalue weighted by molar-refractivity contribution is 7.13. The summed E-state index contributed by atoms with van der Waals surface area (Å²) in [6.07, 6.45) is 0.631. The van der Waals surface area contributed by atoms with Gasteiger partial charge in [0.05, 0.1) is 23.7 Å². The van der Waals surface area contributed by atoms with Crippen LogP contribution in [0.15, 0.2) is 60.3 Å². The Morgan fingerprint density at radius 2 is 2.04 bits per heavy atom. The van der Waals surface area contributed by atoms with Gasteiger partial charge in [-0.25, -0.2) is 19.6 Å². The van der Waals surface area contributed by atoms with E-state index in [1.54, 1.807) is 23.5 Å². The second-order valence-electron chi connectivity index (χ2n) is 6.09. The molecule has 1 N–H and O–H groups in total. The molecule has 4 aromatic rings. The molecular formula is C19H17N3O5S. The van der Waals surface area contributed by atoms with Crippen LogP contribution < -0.4 is 16.2 Å². The van der Waals surface area contributed by atoms with Gasteiger partial charge >= 0.3 is 11.4 Å². The molecule has 0 amide bonds. The van der Waals surface area contributed by atoms with Crippen LogP contribution in [0.1, 0.15) is 17.0 Å². The molecule has 0 unspecified atom stereocenters. The zero-order valence-electron chi connectivity index (χ0n) is 15.0. The average molecular weight is 399 g/mol. The number of hydrogen-bond donors (Lipinski definition) is 1. The van der Waals surface area contributed by atoms with E-state index in [-0.39, 0.29) is 6.54 Å². The summed E-state index contributed by atoms with van der Waals surface area (Å²) in [6.45, 7) is 2.53. The molecule has 9 heteroatoms. The number of aromatic amines is 1. The molecule has 1 aromatic carbocycles. The quantitative estimate of drug-likeness (QED) is 0.513. The Labute approximate surface area is 163 Å². The maximum Gasteiger partial charge on any atom is 0.440 e. The van der Waals surface area contributed by atoms with E-state index in [4.69, 9.17) is 13.7 Å². The van der Waals surface area contributed by atoms with Crippen molar-refractivity contribution in [1.82, 2.24) is 14.7 Å². The van der Waals surface area contributed by atoms with E-state index in [2.05, 4.69) is 4.98 Å². The number of H-pyrrole nitrogens is 1. The predicted molar refractivity (Wildman–Crippen MR) is 103 cm³/mol. The van der Waals surface area contributed by atoms with E-state index < -0.39 is 11.4 Å². The van der Waals surface area contributed by atoms with Gasteiger partial charge in [0.25, 0.3) is 0 Å². The average Bonchev–Trinajstić information content (AvgIpc) is 3.39. The minimum absolute atomic E-state index is 0.168. The second-order valence-corrected chi connectivity index (χ2v) is 7.03. The lowest BCUT2D eigenvalue weighted by Crippen LogP contribution is -2.17. The summed E-state index contributed by atoms with van der Waals surface area (Å²) in [5, 5.41) is 1.99. The van der Waals surface area contributed by atoms with Gasteiger partial charge in [0, 0.05) is 6.42 Å². The van der Waals surface area contributed by atoms with Crippen LogP contribution >= 0.6 is 11.3 Å². The summed E-state index contributed by atoms with van der Waals surface area (Å²) in [7, 11) is 0. The van der Waals surface area contributed by atoms with E-state index in [0.717, 1.165) is 26.6 Å². The number of rotatable bonds is 7. The fourth-order valence-corrected chi connectivity index (χ4v) is 3.36. The molecule has 3 heterocycles. The van der Waals surface area contributed by atoms with Crippen molar-refractivity contribution in [3.63, 3.8) is 0 Å². The first-order chi connectivity index (χ1) is 13.6. The molecule has 0 saturated carbocycles. The summed E-state index contributed by atoms with van der Waals surface area (Å²) in [5.41, 5.74) is 1.11. The molecule has 8 nitrogen and oxygen atoms in total. The Morgan fingerprint density at radius 3 is 2.71 bits per heavy atom. The topological polar surface area (TPSA) is 103 Å². The van der Waals surface area contributed by atoms with E-state index in [0.29, 0.717) is 24.7 Å². The van der Waals surface area contributed by atoms with Crippen LogP contribution in [0.3, 0.4) is 0 Å². The third-order valence-corrected chi connectivity index (χ3v) is 4.97. The Hall–Kier alpha value is -3.33. The first-order valence-electron chi connectivity index (χ1n) is 8.61. The number of hydrogen-bond acceptors (Lipinski definition) is 7. The third kappa shape index (κ3) is 3.99. The van der Waals surface area contributed by atoms with Gasteiger partial charge in [-0.2, -0.15) is 0 Å². The number of thiophene rings is 1. The van der Waals surface area contributed by atoms with E-state index in [1.807, 2.05) is 41.6 Å². The monoisotopic (exact) mass is 399 g/mol. The Balaban J connectivity index is 1.34.